The van der Waals surface area contributed by atoms with Crippen LogP contribution in [-0.4, -0.2) is 112 Å². The Morgan fingerprint density at radius 1 is 0.797 bits per heavy atom. The highest BCUT2D eigenvalue weighted by Crippen LogP contribution is 2.33. The number of aromatic nitrogens is 3. The number of H-pyrrole nitrogens is 1. The van der Waals surface area contributed by atoms with Crippen molar-refractivity contribution in [1.29, 1.82) is 0 Å². The maximum atomic E-state index is 15.2. The van der Waals surface area contributed by atoms with Gasteiger partial charge in [0.2, 0.25) is 23.7 Å². The van der Waals surface area contributed by atoms with Gasteiger partial charge in [-0.05, 0) is 124 Å². The second-order valence-electron chi connectivity index (χ2n) is 16.4. The number of benzene rings is 2. The Morgan fingerprint density at radius 3 is 2.31 bits per heavy atom. The molecular weight excluding hydrogens is 757 g/mol. The molecule has 4 fully saturated rings. The van der Waals surface area contributed by atoms with Crippen molar-refractivity contribution in [3.05, 3.63) is 94.5 Å². The summed E-state index contributed by atoms with van der Waals surface area (Å²) >= 11 is 0. The summed E-state index contributed by atoms with van der Waals surface area (Å²) in [6.07, 6.45) is 8.72. The third-order valence-corrected chi connectivity index (χ3v) is 12.4. The van der Waals surface area contributed by atoms with Gasteiger partial charge in [0.15, 0.2) is 5.82 Å². The predicted octanol–water partition coefficient (Wildman–Crippen LogP) is 4.99. The molecule has 6 heterocycles. The van der Waals surface area contributed by atoms with Crippen LogP contribution in [0, 0.1) is 17.6 Å². The highest BCUT2D eigenvalue weighted by Gasteiger charge is 2.30. The number of aromatic amines is 1. The number of nitrogens with one attached hydrogen (secondary N) is 4. The second kappa shape index (κ2) is 18.2. The van der Waals surface area contributed by atoms with Gasteiger partial charge in [0.1, 0.15) is 17.6 Å². The Hall–Kier alpha value is -5.54. The normalized spacial score (nSPS) is 20.4. The zero-order chi connectivity index (χ0) is 40.9. The molecule has 4 aromatic rings. The van der Waals surface area contributed by atoms with Gasteiger partial charge < -0.3 is 25.4 Å². The van der Waals surface area contributed by atoms with Gasteiger partial charge >= 0.3 is 0 Å². The van der Waals surface area contributed by atoms with Crippen molar-refractivity contribution in [2.24, 2.45) is 5.92 Å². The first-order valence-electron chi connectivity index (χ1n) is 20.8. The van der Waals surface area contributed by atoms with E-state index in [-0.39, 0.29) is 53.2 Å². The highest BCUT2D eigenvalue weighted by atomic mass is 19.1. The van der Waals surface area contributed by atoms with Gasteiger partial charge in [-0.3, -0.25) is 29.4 Å². The SMILES string of the molecule is O=C1CCC(Nc2ccc(C3CCN(CC4CCN(CC(=O)N5CCC(Nc6ncc(F)c(-c7cccc(-c8ccc[nH]c8=O)c7)n6)CC5)CC4)CC3)c(F)c2)C(=O)N1. The maximum Gasteiger partial charge on any atom is 0.255 e. The molecule has 4 aliphatic rings. The summed E-state index contributed by atoms with van der Waals surface area (Å²) in [4.78, 5) is 67.3. The van der Waals surface area contributed by atoms with Crippen molar-refractivity contribution in [2.45, 2.75) is 69.4 Å². The summed E-state index contributed by atoms with van der Waals surface area (Å²) < 4.78 is 30.2. The largest absolute Gasteiger partial charge is 0.374 e. The number of imide groups is 1. The van der Waals surface area contributed by atoms with Gasteiger partial charge in [-0.2, -0.15) is 0 Å². The number of carbonyl (C=O) groups is 3. The third kappa shape index (κ3) is 9.85. The molecule has 4 saturated heterocycles. The summed E-state index contributed by atoms with van der Waals surface area (Å²) in [5.74, 6) is -0.281. The van der Waals surface area contributed by atoms with Gasteiger partial charge in [0.25, 0.3) is 5.56 Å². The Kier molecular flexibility index (Phi) is 12.4. The quantitative estimate of drug-likeness (QED) is 0.153. The summed E-state index contributed by atoms with van der Waals surface area (Å²) in [5, 5.41) is 8.74. The smallest absolute Gasteiger partial charge is 0.255 e. The Morgan fingerprint density at radius 2 is 1.56 bits per heavy atom. The molecule has 0 spiro atoms. The number of pyridine rings is 1. The van der Waals surface area contributed by atoms with Crippen molar-refractivity contribution in [2.75, 3.05) is 63.0 Å². The second-order valence-corrected chi connectivity index (χ2v) is 16.4. The van der Waals surface area contributed by atoms with Crippen molar-refractivity contribution in [1.82, 2.24) is 35.0 Å². The van der Waals surface area contributed by atoms with Gasteiger partial charge in [-0.25, -0.2) is 18.7 Å². The molecule has 13 nitrogen and oxygen atoms in total. The van der Waals surface area contributed by atoms with Crippen LogP contribution in [0.15, 0.2) is 71.8 Å². The molecule has 0 aliphatic carbocycles. The number of hydrogen-bond donors (Lipinski definition) is 4. The lowest BCUT2D eigenvalue weighted by Gasteiger charge is -2.38. The molecule has 4 N–H and O–H groups in total. The molecule has 4 aliphatic heterocycles. The number of halogens is 2. The topological polar surface area (TPSA) is 156 Å². The molecule has 0 radical (unpaired) electrons. The minimum absolute atomic E-state index is 0.0427. The molecule has 310 valence electrons. The first kappa shape index (κ1) is 40.2. The van der Waals surface area contributed by atoms with Crippen molar-refractivity contribution in [3.8, 4) is 22.4 Å². The number of nitrogens with zero attached hydrogens (tertiary/aromatic N) is 5. The lowest BCUT2D eigenvalue weighted by Crippen LogP contribution is -2.48. The summed E-state index contributed by atoms with van der Waals surface area (Å²) in [5.41, 5.74) is 2.88. The summed E-state index contributed by atoms with van der Waals surface area (Å²) in [7, 11) is 0. The highest BCUT2D eigenvalue weighted by molar-refractivity contribution is 6.01. The van der Waals surface area contributed by atoms with Crippen molar-refractivity contribution in [3.63, 3.8) is 0 Å². The van der Waals surface area contributed by atoms with Crippen LogP contribution >= 0.6 is 0 Å². The molecular formula is C44H51F2N9O4. The standard InChI is InChI=1S/C44H51F2N9O4/c45-36-24-33(49-38-8-9-39(56)51-43(38)59)6-7-34(36)29-12-19-53(20-13-29)26-28-10-17-54(18-11-28)27-40(57)55-21-14-32(15-22-55)50-44-48-25-37(46)41(52-44)31-4-1-3-30(23-31)35-5-2-16-47-42(35)58/h1-7,16,23-25,28-29,32,38,49H,8-15,17-22,26-27H2,(H,47,58)(H,48,50,52)(H,51,56,59). The lowest BCUT2D eigenvalue weighted by atomic mass is 9.87. The van der Waals surface area contributed by atoms with Crippen LogP contribution in [0.5, 0.6) is 0 Å². The van der Waals surface area contributed by atoms with Gasteiger partial charge in [0, 0.05) is 55.1 Å². The average molecular weight is 808 g/mol. The Balaban J connectivity index is 0.743. The van der Waals surface area contributed by atoms with Gasteiger partial charge in [-0.1, -0.05) is 24.3 Å². The molecule has 1 atom stereocenters. The van der Waals surface area contributed by atoms with Crippen LogP contribution in [-0.2, 0) is 14.4 Å². The lowest BCUT2D eigenvalue weighted by molar-refractivity contribution is -0.134. The van der Waals surface area contributed by atoms with E-state index in [0.717, 1.165) is 83.0 Å². The monoisotopic (exact) mass is 807 g/mol. The number of hydrogen-bond acceptors (Lipinski definition) is 10. The summed E-state index contributed by atoms with van der Waals surface area (Å²) in [6, 6.07) is 15.2. The van der Waals surface area contributed by atoms with E-state index in [2.05, 4.69) is 40.7 Å². The van der Waals surface area contributed by atoms with Crippen LogP contribution in [0.3, 0.4) is 0 Å². The first-order chi connectivity index (χ1) is 28.6. The Bertz CT molecular complexity index is 2210. The predicted molar refractivity (Wildman–Crippen MR) is 220 cm³/mol. The average Bonchev–Trinajstić information content (AvgIpc) is 3.24. The van der Waals surface area contributed by atoms with Gasteiger partial charge in [-0.15, -0.1) is 0 Å². The molecule has 0 saturated carbocycles. The van der Waals surface area contributed by atoms with Crippen molar-refractivity contribution < 1.29 is 23.2 Å². The third-order valence-electron chi connectivity index (χ3n) is 12.4. The molecule has 2 aromatic heterocycles. The maximum absolute atomic E-state index is 15.2. The molecule has 8 rings (SSSR count). The van der Waals surface area contributed by atoms with Crippen LogP contribution < -0.4 is 21.5 Å². The zero-order valence-electron chi connectivity index (χ0n) is 33.1. The minimum Gasteiger partial charge on any atom is -0.374 e. The molecule has 2 aromatic carbocycles. The number of likely N-dealkylation sites (tertiary alicyclic amines) is 3. The van der Waals surface area contributed by atoms with E-state index in [1.54, 1.807) is 42.6 Å². The molecule has 1 unspecified atom stereocenters. The Labute approximate surface area is 342 Å². The fourth-order valence-corrected chi connectivity index (χ4v) is 8.97. The number of rotatable bonds is 11. The van der Waals surface area contributed by atoms with E-state index in [1.165, 1.54) is 6.07 Å². The number of amides is 3. The van der Waals surface area contributed by atoms with E-state index in [1.807, 2.05) is 17.0 Å². The molecule has 3 amide bonds. The van der Waals surface area contributed by atoms with E-state index in [9.17, 15) is 23.6 Å². The van der Waals surface area contributed by atoms with Crippen molar-refractivity contribution >= 4 is 29.4 Å². The number of piperidine rings is 4. The van der Waals surface area contributed by atoms with Crippen LogP contribution in [0.25, 0.3) is 22.4 Å². The van der Waals surface area contributed by atoms with E-state index < -0.39 is 11.9 Å². The minimum atomic E-state index is -0.555. The fourth-order valence-electron chi connectivity index (χ4n) is 8.97. The van der Waals surface area contributed by atoms with Gasteiger partial charge in [0.05, 0.1) is 12.7 Å². The van der Waals surface area contributed by atoms with E-state index >= 15 is 4.39 Å². The first-order valence-corrected chi connectivity index (χ1v) is 20.8. The van der Waals surface area contributed by atoms with E-state index in [0.29, 0.717) is 60.3 Å². The molecule has 0 bridgehead atoms. The summed E-state index contributed by atoms with van der Waals surface area (Å²) in [6.45, 7) is 6.31. The number of anilines is 2. The number of carbonyl (C=O) groups excluding carboxylic acids is 3. The molecule has 59 heavy (non-hydrogen) atoms. The van der Waals surface area contributed by atoms with Crippen LogP contribution in [0.2, 0.25) is 0 Å². The zero-order valence-corrected chi connectivity index (χ0v) is 33.1. The fraction of sp³-hybridized carbons (Fsp3) is 0.455. The molecule has 15 heteroatoms. The van der Waals surface area contributed by atoms with Crippen LogP contribution in [0.4, 0.5) is 20.4 Å². The van der Waals surface area contributed by atoms with E-state index in [4.69, 9.17) is 0 Å². The van der Waals surface area contributed by atoms with Crippen LogP contribution in [0.1, 0.15) is 62.8 Å².